The molecule has 0 radical (unpaired) electrons. The van der Waals surface area contributed by atoms with Crippen molar-refractivity contribution in [1.82, 2.24) is 9.78 Å². The second-order valence-electron chi connectivity index (χ2n) is 5.24. The topological polar surface area (TPSA) is 17.8 Å². The Morgan fingerprint density at radius 2 is 1.86 bits per heavy atom. The second-order valence-corrected chi connectivity index (χ2v) is 7.26. The molecule has 0 saturated carbocycles. The molecule has 21 heavy (non-hydrogen) atoms. The van der Waals surface area contributed by atoms with Crippen LogP contribution in [-0.4, -0.2) is 15.7 Å². The fourth-order valence-electron chi connectivity index (χ4n) is 2.45. The van der Waals surface area contributed by atoms with Crippen LogP contribution in [0.5, 0.6) is 0 Å². The van der Waals surface area contributed by atoms with E-state index >= 15 is 0 Å². The van der Waals surface area contributed by atoms with Crippen molar-refractivity contribution in [2.75, 3.05) is 5.88 Å². The first-order chi connectivity index (χ1) is 10.0. The van der Waals surface area contributed by atoms with Gasteiger partial charge in [-0.05, 0) is 58.8 Å². The van der Waals surface area contributed by atoms with Gasteiger partial charge >= 0.3 is 0 Å². The maximum absolute atomic E-state index is 6.19. The Balaban J connectivity index is 2.12. The van der Waals surface area contributed by atoms with Gasteiger partial charge in [0.15, 0.2) is 0 Å². The zero-order chi connectivity index (χ0) is 15.4. The van der Waals surface area contributed by atoms with E-state index in [0.717, 1.165) is 33.9 Å². The van der Waals surface area contributed by atoms with Gasteiger partial charge in [-0.1, -0.05) is 35.0 Å². The molecule has 2 rings (SSSR count). The van der Waals surface area contributed by atoms with E-state index in [0.29, 0.717) is 11.8 Å². The number of hydrogen-bond donors (Lipinski definition) is 0. The molecule has 0 amide bonds. The molecule has 0 saturated heterocycles. The van der Waals surface area contributed by atoms with Crippen molar-refractivity contribution >= 4 is 43.5 Å². The standard InChI is InChI=1S/C16H19Br2ClN2/c1-3-14-16(18)15(21(2)20-14)9-12(10-19)8-11-4-6-13(17)7-5-11/h4-7,12H,3,8-10H2,1-2H3. The molecule has 1 unspecified atom stereocenters. The summed E-state index contributed by atoms with van der Waals surface area (Å²) >= 11 is 13.3. The molecule has 5 heteroatoms. The Bertz CT molecular complexity index is 593. The molecule has 0 aliphatic heterocycles. The summed E-state index contributed by atoms with van der Waals surface area (Å²) in [6.07, 6.45) is 2.85. The van der Waals surface area contributed by atoms with Crippen LogP contribution in [0.1, 0.15) is 23.9 Å². The minimum absolute atomic E-state index is 0.407. The molecule has 1 aromatic heterocycles. The number of halogens is 3. The number of aryl methyl sites for hydroxylation is 2. The highest BCUT2D eigenvalue weighted by atomic mass is 79.9. The van der Waals surface area contributed by atoms with Crippen molar-refractivity contribution in [3.63, 3.8) is 0 Å². The molecule has 0 N–H and O–H groups in total. The summed E-state index contributed by atoms with van der Waals surface area (Å²) in [5, 5.41) is 4.56. The normalized spacial score (nSPS) is 12.6. The van der Waals surface area contributed by atoms with Gasteiger partial charge in [-0.15, -0.1) is 11.6 Å². The van der Waals surface area contributed by atoms with Gasteiger partial charge in [0, 0.05) is 17.4 Å². The maximum atomic E-state index is 6.19. The Kier molecular flexibility index (Phi) is 6.33. The van der Waals surface area contributed by atoms with Crippen LogP contribution in [0.3, 0.4) is 0 Å². The van der Waals surface area contributed by atoms with Gasteiger partial charge in [-0.3, -0.25) is 4.68 Å². The lowest BCUT2D eigenvalue weighted by Gasteiger charge is -2.14. The Labute approximate surface area is 148 Å². The van der Waals surface area contributed by atoms with Gasteiger partial charge in [-0.2, -0.15) is 5.10 Å². The van der Waals surface area contributed by atoms with Gasteiger partial charge in [0.1, 0.15) is 0 Å². The quantitative estimate of drug-likeness (QED) is 0.575. The fourth-order valence-corrected chi connectivity index (χ4v) is 3.71. The predicted molar refractivity (Wildman–Crippen MR) is 96.0 cm³/mol. The third-order valence-corrected chi connectivity index (χ3v) is 5.52. The highest BCUT2D eigenvalue weighted by Crippen LogP contribution is 2.26. The van der Waals surface area contributed by atoms with Gasteiger partial charge in [-0.25, -0.2) is 0 Å². The number of hydrogen-bond acceptors (Lipinski definition) is 1. The second kappa shape index (κ2) is 7.80. The van der Waals surface area contributed by atoms with Crippen LogP contribution >= 0.6 is 43.5 Å². The molecular weight excluding hydrogens is 415 g/mol. The summed E-state index contributed by atoms with van der Waals surface area (Å²) in [6.45, 7) is 2.12. The summed E-state index contributed by atoms with van der Waals surface area (Å²) < 4.78 is 4.22. The van der Waals surface area contributed by atoms with Crippen LogP contribution in [0.2, 0.25) is 0 Å². The molecule has 0 spiro atoms. The lowest BCUT2D eigenvalue weighted by atomic mass is 9.96. The average Bonchev–Trinajstić information content (AvgIpc) is 2.75. The highest BCUT2D eigenvalue weighted by molar-refractivity contribution is 9.10. The third-order valence-electron chi connectivity index (χ3n) is 3.64. The molecule has 0 aliphatic carbocycles. The fraction of sp³-hybridized carbons (Fsp3) is 0.438. The smallest absolute Gasteiger partial charge is 0.0766 e. The zero-order valence-corrected chi connectivity index (χ0v) is 16.2. The maximum Gasteiger partial charge on any atom is 0.0766 e. The number of nitrogens with zero attached hydrogens (tertiary/aromatic N) is 2. The first-order valence-corrected chi connectivity index (χ1v) is 9.17. The number of aromatic nitrogens is 2. The monoisotopic (exact) mass is 432 g/mol. The van der Waals surface area contributed by atoms with Crippen molar-refractivity contribution in [2.24, 2.45) is 13.0 Å². The molecule has 1 aromatic carbocycles. The number of rotatable bonds is 6. The first kappa shape index (κ1) is 17.0. The van der Waals surface area contributed by atoms with Gasteiger partial charge in [0.2, 0.25) is 0 Å². The first-order valence-electron chi connectivity index (χ1n) is 7.05. The van der Waals surface area contributed by atoms with Crippen LogP contribution in [0.4, 0.5) is 0 Å². The van der Waals surface area contributed by atoms with Crippen molar-refractivity contribution in [3.8, 4) is 0 Å². The minimum atomic E-state index is 0.407. The highest BCUT2D eigenvalue weighted by Gasteiger charge is 2.17. The van der Waals surface area contributed by atoms with Gasteiger partial charge < -0.3 is 0 Å². The van der Waals surface area contributed by atoms with Crippen LogP contribution in [0.15, 0.2) is 33.2 Å². The van der Waals surface area contributed by atoms with E-state index in [9.17, 15) is 0 Å². The third kappa shape index (κ3) is 4.33. The molecule has 2 aromatic rings. The predicted octanol–water partition coefficient (Wildman–Crippen LogP) is 5.15. The molecule has 1 heterocycles. The number of benzene rings is 1. The van der Waals surface area contributed by atoms with E-state index in [4.69, 9.17) is 11.6 Å². The Morgan fingerprint density at radius 3 is 2.38 bits per heavy atom. The lowest BCUT2D eigenvalue weighted by molar-refractivity contribution is 0.550. The Hall–Kier alpha value is -0.320. The summed E-state index contributed by atoms with van der Waals surface area (Å²) in [4.78, 5) is 0. The molecule has 1 atom stereocenters. The minimum Gasteiger partial charge on any atom is -0.271 e. The van der Waals surface area contributed by atoms with Crippen molar-refractivity contribution in [2.45, 2.75) is 26.2 Å². The van der Waals surface area contributed by atoms with E-state index in [2.05, 4.69) is 68.1 Å². The summed E-state index contributed by atoms with van der Waals surface area (Å²) in [6, 6.07) is 8.46. The van der Waals surface area contributed by atoms with Gasteiger partial charge in [0.25, 0.3) is 0 Å². The van der Waals surface area contributed by atoms with Crippen molar-refractivity contribution in [1.29, 1.82) is 0 Å². The summed E-state index contributed by atoms with van der Waals surface area (Å²) in [5.41, 5.74) is 3.66. The van der Waals surface area contributed by atoms with E-state index in [1.165, 1.54) is 11.3 Å². The average molecular weight is 435 g/mol. The summed E-state index contributed by atoms with van der Waals surface area (Å²) in [7, 11) is 2.00. The zero-order valence-electron chi connectivity index (χ0n) is 12.2. The van der Waals surface area contributed by atoms with E-state index in [-0.39, 0.29) is 0 Å². The van der Waals surface area contributed by atoms with Crippen molar-refractivity contribution in [3.05, 3.63) is 50.2 Å². The SMILES string of the molecule is CCc1nn(C)c(CC(CCl)Cc2ccc(Br)cc2)c1Br. The van der Waals surface area contributed by atoms with Gasteiger partial charge in [0.05, 0.1) is 15.9 Å². The van der Waals surface area contributed by atoms with E-state index < -0.39 is 0 Å². The molecule has 0 bridgehead atoms. The number of alkyl halides is 1. The van der Waals surface area contributed by atoms with E-state index in [1.54, 1.807) is 0 Å². The summed E-state index contributed by atoms with van der Waals surface area (Å²) in [5.74, 6) is 1.05. The van der Waals surface area contributed by atoms with Crippen LogP contribution < -0.4 is 0 Å². The van der Waals surface area contributed by atoms with Crippen molar-refractivity contribution < 1.29 is 0 Å². The van der Waals surface area contributed by atoms with Crippen LogP contribution in [0.25, 0.3) is 0 Å². The molecule has 2 nitrogen and oxygen atoms in total. The largest absolute Gasteiger partial charge is 0.271 e. The Morgan fingerprint density at radius 1 is 1.19 bits per heavy atom. The molecule has 114 valence electrons. The lowest BCUT2D eigenvalue weighted by Crippen LogP contribution is -2.13. The van der Waals surface area contributed by atoms with Crippen LogP contribution in [0, 0.1) is 5.92 Å². The van der Waals surface area contributed by atoms with Crippen LogP contribution in [-0.2, 0) is 26.3 Å². The molecular formula is C16H19Br2ClN2. The molecule has 0 fully saturated rings. The molecule has 0 aliphatic rings. The van der Waals surface area contributed by atoms with E-state index in [1.807, 2.05) is 11.7 Å².